The molecule has 0 aliphatic carbocycles. The molecule has 3 heteroatoms. The molecule has 0 spiro atoms. The van der Waals surface area contributed by atoms with E-state index in [-0.39, 0.29) is 0 Å². The van der Waals surface area contributed by atoms with Gasteiger partial charge in [0.05, 0.1) is 0 Å². The highest BCUT2D eigenvalue weighted by atomic mass is 32.1. The minimum Gasteiger partial charge on any atom is -0.389 e. The molecule has 1 unspecified atom stereocenters. The summed E-state index contributed by atoms with van der Waals surface area (Å²) in [4.78, 5) is 0.452. The molecule has 0 saturated heterocycles. The lowest BCUT2D eigenvalue weighted by atomic mass is 10.0. The van der Waals surface area contributed by atoms with Crippen LogP contribution in [-0.4, -0.2) is 11.0 Å². The SMILES string of the molecule is Cc1ccc(C(N)=S)c(NC(C)CCC(C)C)c1. The molecule has 100 valence electrons. The molecule has 1 atom stereocenters. The van der Waals surface area contributed by atoms with Gasteiger partial charge in [0.25, 0.3) is 0 Å². The number of hydrogen-bond acceptors (Lipinski definition) is 2. The number of anilines is 1. The van der Waals surface area contributed by atoms with Crippen LogP contribution in [0.4, 0.5) is 5.69 Å². The van der Waals surface area contributed by atoms with Gasteiger partial charge in [-0.05, 0) is 50.3 Å². The Morgan fingerprint density at radius 2 is 1.94 bits per heavy atom. The number of benzene rings is 1. The molecular weight excluding hydrogens is 240 g/mol. The zero-order chi connectivity index (χ0) is 13.7. The molecule has 0 amide bonds. The van der Waals surface area contributed by atoms with Gasteiger partial charge < -0.3 is 11.1 Å². The molecular formula is C15H24N2S. The third-order valence-electron chi connectivity index (χ3n) is 3.02. The second-order valence-electron chi connectivity index (χ2n) is 5.43. The van der Waals surface area contributed by atoms with Gasteiger partial charge in [0.2, 0.25) is 0 Å². The van der Waals surface area contributed by atoms with E-state index in [9.17, 15) is 0 Å². The summed E-state index contributed by atoms with van der Waals surface area (Å²) in [5.41, 5.74) is 8.96. The lowest BCUT2D eigenvalue weighted by molar-refractivity contribution is 0.527. The summed E-state index contributed by atoms with van der Waals surface area (Å²) in [7, 11) is 0. The van der Waals surface area contributed by atoms with E-state index in [1.54, 1.807) is 0 Å². The van der Waals surface area contributed by atoms with Crippen molar-refractivity contribution in [2.45, 2.75) is 46.6 Å². The smallest absolute Gasteiger partial charge is 0.106 e. The van der Waals surface area contributed by atoms with Gasteiger partial charge in [-0.3, -0.25) is 0 Å². The largest absolute Gasteiger partial charge is 0.389 e. The molecule has 3 N–H and O–H groups in total. The van der Waals surface area contributed by atoms with Gasteiger partial charge in [0.1, 0.15) is 4.99 Å². The number of aryl methyl sites for hydroxylation is 1. The number of hydrogen-bond donors (Lipinski definition) is 2. The van der Waals surface area contributed by atoms with Crippen LogP contribution in [-0.2, 0) is 0 Å². The molecule has 0 radical (unpaired) electrons. The molecule has 1 aromatic carbocycles. The van der Waals surface area contributed by atoms with Gasteiger partial charge in [-0.1, -0.05) is 32.1 Å². The normalized spacial score (nSPS) is 12.5. The average Bonchev–Trinajstić information content (AvgIpc) is 2.26. The van der Waals surface area contributed by atoms with Crippen molar-refractivity contribution in [3.63, 3.8) is 0 Å². The molecule has 0 aliphatic heterocycles. The van der Waals surface area contributed by atoms with Crippen molar-refractivity contribution in [2.75, 3.05) is 5.32 Å². The molecule has 18 heavy (non-hydrogen) atoms. The Morgan fingerprint density at radius 1 is 1.28 bits per heavy atom. The topological polar surface area (TPSA) is 38.0 Å². The fourth-order valence-corrected chi connectivity index (χ4v) is 2.09. The van der Waals surface area contributed by atoms with Gasteiger partial charge in [-0.25, -0.2) is 0 Å². The van der Waals surface area contributed by atoms with Gasteiger partial charge >= 0.3 is 0 Å². The van der Waals surface area contributed by atoms with E-state index < -0.39 is 0 Å². The molecule has 2 nitrogen and oxygen atoms in total. The Hall–Kier alpha value is -1.09. The van der Waals surface area contributed by atoms with E-state index in [0.29, 0.717) is 11.0 Å². The lowest BCUT2D eigenvalue weighted by Crippen LogP contribution is -2.20. The van der Waals surface area contributed by atoms with Crippen LogP contribution in [0.15, 0.2) is 18.2 Å². The Kier molecular flexibility index (Phi) is 5.60. The highest BCUT2D eigenvalue weighted by Crippen LogP contribution is 2.20. The van der Waals surface area contributed by atoms with E-state index in [1.807, 2.05) is 12.1 Å². The van der Waals surface area contributed by atoms with Crippen molar-refractivity contribution >= 4 is 22.9 Å². The second kappa shape index (κ2) is 6.74. The van der Waals surface area contributed by atoms with E-state index >= 15 is 0 Å². The lowest BCUT2D eigenvalue weighted by Gasteiger charge is -2.19. The first-order valence-electron chi connectivity index (χ1n) is 6.57. The Labute approximate surface area is 116 Å². The van der Waals surface area contributed by atoms with E-state index in [4.69, 9.17) is 18.0 Å². The fourth-order valence-electron chi connectivity index (χ4n) is 1.91. The summed E-state index contributed by atoms with van der Waals surface area (Å²) in [5.74, 6) is 0.738. The first-order chi connectivity index (χ1) is 8.40. The number of thiocarbonyl (C=S) groups is 1. The van der Waals surface area contributed by atoms with Crippen molar-refractivity contribution in [3.8, 4) is 0 Å². The monoisotopic (exact) mass is 264 g/mol. The predicted molar refractivity (Wildman–Crippen MR) is 84.2 cm³/mol. The van der Waals surface area contributed by atoms with Crippen LogP contribution in [0.1, 0.15) is 44.7 Å². The number of nitrogens with one attached hydrogen (secondary N) is 1. The van der Waals surface area contributed by atoms with Gasteiger partial charge in [-0.2, -0.15) is 0 Å². The summed E-state index contributed by atoms with van der Waals surface area (Å²) in [5, 5.41) is 3.52. The van der Waals surface area contributed by atoms with Crippen molar-refractivity contribution in [1.29, 1.82) is 0 Å². The van der Waals surface area contributed by atoms with Gasteiger partial charge in [0.15, 0.2) is 0 Å². The number of nitrogens with two attached hydrogens (primary N) is 1. The predicted octanol–water partition coefficient (Wildman–Crippen LogP) is 3.87. The van der Waals surface area contributed by atoms with Crippen molar-refractivity contribution < 1.29 is 0 Å². The Balaban J connectivity index is 2.76. The maximum atomic E-state index is 5.75. The van der Waals surface area contributed by atoms with Crippen molar-refractivity contribution in [2.24, 2.45) is 11.7 Å². The summed E-state index contributed by atoms with van der Waals surface area (Å²) in [6.45, 7) is 8.78. The molecule has 0 heterocycles. The van der Waals surface area contributed by atoms with Gasteiger partial charge in [-0.15, -0.1) is 0 Å². The number of rotatable bonds is 6. The molecule has 0 aromatic heterocycles. The molecule has 1 rings (SSSR count). The molecule has 0 fully saturated rings. The third kappa shape index (κ3) is 4.65. The second-order valence-corrected chi connectivity index (χ2v) is 5.87. The van der Waals surface area contributed by atoms with Crippen LogP contribution < -0.4 is 11.1 Å². The third-order valence-corrected chi connectivity index (χ3v) is 3.24. The van der Waals surface area contributed by atoms with Crippen LogP contribution in [0.5, 0.6) is 0 Å². The maximum absolute atomic E-state index is 5.75. The summed E-state index contributed by atoms with van der Waals surface area (Å²) in [6.07, 6.45) is 2.38. The average molecular weight is 264 g/mol. The minimum atomic E-state index is 0.433. The Morgan fingerprint density at radius 3 is 2.50 bits per heavy atom. The summed E-state index contributed by atoms with van der Waals surface area (Å²) < 4.78 is 0. The van der Waals surface area contributed by atoms with Crippen LogP contribution in [0.25, 0.3) is 0 Å². The van der Waals surface area contributed by atoms with Crippen molar-refractivity contribution in [3.05, 3.63) is 29.3 Å². The first-order valence-corrected chi connectivity index (χ1v) is 6.98. The maximum Gasteiger partial charge on any atom is 0.106 e. The molecule has 0 saturated carbocycles. The Bertz CT molecular complexity index is 413. The van der Waals surface area contributed by atoms with Crippen LogP contribution in [0.3, 0.4) is 0 Å². The minimum absolute atomic E-state index is 0.433. The molecule has 0 aliphatic rings. The quantitative estimate of drug-likeness (QED) is 0.766. The standard InChI is InChI=1S/C15H24N2S/c1-10(2)5-7-12(4)17-14-9-11(3)6-8-13(14)15(16)18/h6,8-10,12,17H,5,7H2,1-4H3,(H2,16,18). The zero-order valence-electron chi connectivity index (χ0n) is 11.8. The van der Waals surface area contributed by atoms with Gasteiger partial charge in [0, 0.05) is 17.3 Å². The fraction of sp³-hybridized carbons (Fsp3) is 0.533. The highest BCUT2D eigenvalue weighted by Gasteiger charge is 2.09. The highest BCUT2D eigenvalue weighted by molar-refractivity contribution is 7.80. The van der Waals surface area contributed by atoms with Crippen LogP contribution >= 0.6 is 12.2 Å². The van der Waals surface area contributed by atoms with E-state index in [2.05, 4.69) is 39.1 Å². The van der Waals surface area contributed by atoms with E-state index in [0.717, 1.165) is 23.6 Å². The first kappa shape index (κ1) is 15.0. The summed E-state index contributed by atoms with van der Waals surface area (Å²) in [6, 6.07) is 6.58. The molecule has 0 bridgehead atoms. The zero-order valence-corrected chi connectivity index (χ0v) is 12.6. The van der Waals surface area contributed by atoms with E-state index in [1.165, 1.54) is 12.0 Å². The van der Waals surface area contributed by atoms with Crippen LogP contribution in [0.2, 0.25) is 0 Å². The molecule has 1 aromatic rings. The van der Waals surface area contributed by atoms with Crippen molar-refractivity contribution in [1.82, 2.24) is 0 Å². The van der Waals surface area contributed by atoms with Crippen LogP contribution in [0, 0.1) is 12.8 Å². The summed E-state index contributed by atoms with van der Waals surface area (Å²) >= 11 is 5.09.